The SMILES string of the molecule is Cc1cccc(NC(=O)COc2ccccc2C(=O)Nc2ccccc2C#N)c1C. The van der Waals surface area contributed by atoms with Crippen LogP contribution < -0.4 is 15.4 Å². The lowest BCUT2D eigenvalue weighted by molar-refractivity contribution is -0.118. The molecule has 6 nitrogen and oxygen atoms in total. The second kappa shape index (κ2) is 9.39. The van der Waals surface area contributed by atoms with Crippen molar-refractivity contribution in [3.63, 3.8) is 0 Å². The molecule has 0 radical (unpaired) electrons. The molecule has 0 saturated carbocycles. The van der Waals surface area contributed by atoms with Crippen molar-refractivity contribution in [1.82, 2.24) is 0 Å². The first-order valence-electron chi connectivity index (χ1n) is 9.38. The van der Waals surface area contributed by atoms with Gasteiger partial charge in [0.1, 0.15) is 11.8 Å². The molecule has 0 aliphatic carbocycles. The van der Waals surface area contributed by atoms with E-state index in [0.717, 1.165) is 16.8 Å². The minimum atomic E-state index is -0.428. The van der Waals surface area contributed by atoms with Crippen molar-refractivity contribution in [2.75, 3.05) is 17.2 Å². The predicted octanol–water partition coefficient (Wildman–Crippen LogP) is 4.44. The minimum absolute atomic E-state index is 0.244. The number of carbonyl (C=O) groups excluding carboxylic acids is 2. The lowest BCUT2D eigenvalue weighted by Crippen LogP contribution is -2.22. The molecule has 150 valence electrons. The van der Waals surface area contributed by atoms with Crippen LogP contribution in [0.1, 0.15) is 27.0 Å². The van der Waals surface area contributed by atoms with E-state index in [-0.39, 0.29) is 23.8 Å². The fourth-order valence-corrected chi connectivity index (χ4v) is 2.88. The molecule has 3 rings (SSSR count). The van der Waals surface area contributed by atoms with Gasteiger partial charge < -0.3 is 15.4 Å². The number of nitrogens with zero attached hydrogens (tertiary/aromatic N) is 1. The van der Waals surface area contributed by atoms with Crippen LogP contribution in [0.5, 0.6) is 5.75 Å². The number of carbonyl (C=O) groups is 2. The summed E-state index contributed by atoms with van der Waals surface area (Å²) in [6.07, 6.45) is 0. The first-order valence-corrected chi connectivity index (χ1v) is 9.38. The highest BCUT2D eigenvalue weighted by molar-refractivity contribution is 6.06. The van der Waals surface area contributed by atoms with E-state index in [1.807, 2.05) is 38.1 Å². The summed E-state index contributed by atoms with van der Waals surface area (Å²) >= 11 is 0. The Bertz CT molecular complexity index is 1130. The summed E-state index contributed by atoms with van der Waals surface area (Å²) in [4.78, 5) is 25.1. The molecule has 6 heteroatoms. The van der Waals surface area contributed by atoms with Gasteiger partial charge in [0, 0.05) is 5.69 Å². The second-order valence-corrected chi connectivity index (χ2v) is 6.69. The van der Waals surface area contributed by atoms with Crippen molar-refractivity contribution in [3.8, 4) is 11.8 Å². The molecule has 3 aromatic rings. The standard InChI is InChI=1S/C24H21N3O3/c1-16-8-7-12-20(17(16)2)26-23(28)15-30-22-13-6-4-10-19(22)24(29)27-21-11-5-3-9-18(21)14-25/h3-13H,15H2,1-2H3,(H,26,28)(H,27,29). The fourth-order valence-electron chi connectivity index (χ4n) is 2.88. The van der Waals surface area contributed by atoms with Crippen molar-refractivity contribution in [2.24, 2.45) is 0 Å². The largest absolute Gasteiger partial charge is 0.483 e. The predicted molar refractivity (Wildman–Crippen MR) is 116 cm³/mol. The number of ether oxygens (including phenoxy) is 1. The van der Waals surface area contributed by atoms with Crippen LogP contribution >= 0.6 is 0 Å². The van der Waals surface area contributed by atoms with Crippen molar-refractivity contribution in [3.05, 3.63) is 89.0 Å². The number of benzene rings is 3. The summed E-state index contributed by atoms with van der Waals surface area (Å²) in [5.74, 6) is -0.475. The smallest absolute Gasteiger partial charge is 0.262 e. The lowest BCUT2D eigenvalue weighted by atomic mass is 10.1. The van der Waals surface area contributed by atoms with E-state index in [0.29, 0.717) is 11.3 Å². The van der Waals surface area contributed by atoms with Gasteiger partial charge in [-0.05, 0) is 55.3 Å². The van der Waals surface area contributed by atoms with Gasteiger partial charge in [-0.3, -0.25) is 9.59 Å². The number of hydrogen-bond donors (Lipinski definition) is 2. The Morgan fingerprint density at radius 2 is 1.60 bits per heavy atom. The topological polar surface area (TPSA) is 91.2 Å². The maximum atomic E-state index is 12.7. The number of amides is 2. The monoisotopic (exact) mass is 399 g/mol. The first kappa shape index (κ1) is 20.6. The van der Waals surface area contributed by atoms with E-state index in [1.165, 1.54) is 0 Å². The highest BCUT2D eigenvalue weighted by atomic mass is 16.5. The van der Waals surface area contributed by atoms with Crippen LogP contribution in [-0.2, 0) is 4.79 Å². The van der Waals surface area contributed by atoms with Crippen LogP contribution in [0.2, 0.25) is 0 Å². The number of hydrogen-bond acceptors (Lipinski definition) is 4. The third-order valence-corrected chi connectivity index (χ3v) is 4.66. The van der Waals surface area contributed by atoms with E-state index in [4.69, 9.17) is 4.74 Å². The van der Waals surface area contributed by atoms with E-state index in [1.54, 1.807) is 48.5 Å². The Labute approximate surface area is 175 Å². The Hall–Kier alpha value is -4.11. The minimum Gasteiger partial charge on any atom is -0.483 e. The van der Waals surface area contributed by atoms with Gasteiger partial charge in [0.25, 0.3) is 11.8 Å². The molecular weight excluding hydrogens is 378 g/mol. The molecule has 0 spiro atoms. The molecular formula is C24H21N3O3. The fraction of sp³-hybridized carbons (Fsp3) is 0.125. The van der Waals surface area contributed by atoms with Gasteiger partial charge in [0.2, 0.25) is 0 Å². The van der Waals surface area contributed by atoms with Crippen molar-refractivity contribution in [1.29, 1.82) is 5.26 Å². The molecule has 0 atom stereocenters. The van der Waals surface area contributed by atoms with E-state index in [9.17, 15) is 14.9 Å². The zero-order valence-corrected chi connectivity index (χ0v) is 16.7. The van der Waals surface area contributed by atoms with Crippen LogP contribution in [-0.4, -0.2) is 18.4 Å². The molecule has 0 saturated heterocycles. The molecule has 0 unspecified atom stereocenters. The Morgan fingerprint density at radius 3 is 2.40 bits per heavy atom. The highest BCUT2D eigenvalue weighted by Gasteiger charge is 2.15. The molecule has 2 amide bonds. The lowest BCUT2D eigenvalue weighted by Gasteiger charge is -2.13. The van der Waals surface area contributed by atoms with Crippen molar-refractivity contribution < 1.29 is 14.3 Å². The summed E-state index contributed by atoms with van der Waals surface area (Å²) in [5, 5.41) is 14.7. The maximum Gasteiger partial charge on any atom is 0.262 e. The number of nitriles is 1. The summed E-state index contributed by atoms with van der Waals surface area (Å²) in [6, 6.07) is 21.1. The second-order valence-electron chi connectivity index (χ2n) is 6.69. The third kappa shape index (κ3) is 4.83. The van der Waals surface area contributed by atoms with Crippen molar-refractivity contribution >= 4 is 23.2 Å². The third-order valence-electron chi connectivity index (χ3n) is 4.66. The molecule has 2 N–H and O–H groups in total. The molecule has 0 aliphatic rings. The number of nitrogens with one attached hydrogen (secondary N) is 2. The number of anilines is 2. The van der Waals surface area contributed by atoms with Gasteiger partial charge in [-0.15, -0.1) is 0 Å². The average Bonchev–Trinajstić information content (AvgIpc) is 2.76. The summed E-state index contributed by atoms with van der Waals surface area (Å²) in [7, 11) is 0. The Balaban J connectivity index is 1.69. The van der Waals surface area contributed by atoms with Gasteiger partial charge in [0.15, 0.2) is 6.61 Å². The van der Waals surface area contributed by atoms with Gasteiger partial charge in [-0.2, -0.15) is 5.26 Å². The summed E-state index contributed by atoms with van der Waals surface area (Å²) < 4.78 is 5.62. The van der Waals surface area contributed by atoms with E-state index in [2.05, 4.69) is 10.6 Å². The molecule has 3 aromatic carbocycles. The quantitative estimate of drug-likeness (QED) is 0.641. The normalized spacial score (nSPS) is 10.0. The average molecular weight is 399 g/mol. The highest BCUT2D eigenvalue weighted by Crippen LogP contribution is 2.22. The van der Waals surface area contributed by atoms with Crippen LogP contribution in [0.4, 0.5) is 11.4 Å². The van der Waals surface area contributed by atoms with Gasteiger partial charge in [0.05, 0.1) is 16.8 Å². The maximum absolute atomic E-state index is 12.7. The van der Waals surface area contributed by atoms with Gasteiger partial charge in [-0.1, -0.05) is 36.4 Å². The molecule has 0 bridgehead atoms. The zero-order chi connectivity index (χ0) is 21.5. The molecule has 0 fully saturated rings. The Morgan fingerprint density at radius 1 is 0.900 bits per heavy atom. The van der Waals surface area contributed by atoms with Crippen LogP contribution in [0.25, 0.3) is 0 Å². The first-order chi connectivity index (χ1) is 14.5. The van der Waals surface area contributed by atoms with Crippen LogP contribution in [0.3, 0.4) is 0 Å². The molecule has 0 aromatic heterocycles. The number of rotatable bonds is 6. The van der Waals surface area contributed by atoms with E-state index >= 15 is 0 Å². The summed E-state index contributed by atoms with van der Waals surface area (Å²) in [6.45, 7) is 3.66. The Kier molecular flexibility index (Phi) is 6.46. The van der Waals surface area contributed by atoms with Gasteiger partial charge >= 0.3 is 0 Å². The van der Waals surface area contributed by atoms with Crippen LogP contribution in [0, 0.1) is 25.2 Å². The molecule has 0 heterocycles. The van der Waals surface area contributed by atoms with Gasteiger partial charge in [-0.25, -0.2) is 0 Å². The van der Waals surface area contributed by atoms with E-state index < -0.39 is 5.91 Å². The molecule has 0 aliphatic heterocycles. The number of aryl methyl sites for hydroxylation is 1. The molecule has 30 heavy (non-hydrogen) atoms. The van der Waals surface area contributed by atoms with Crippen molar-refractivity contribution in [2.45, 2.75) is 13.8 Å². The number of para-hydroxylation sites is 2. The summed E-state index contributed by atoms with van der Waals surface area (Å²) in [5.41, 5.74) is 3.83. The zero-order valence-electron chi connectivity index (χ0n) is 16.7. The van der Waals surface area contributed by atoms with Crippen LogP contribution in [0.15, 0.2) is 66.7 Å².